The Morgan fingerprint density at radius 2 is 1.91 bits per heavy atom. The molecule has 1 atom stereocenters. The van der Waals surface area contributed by atoms with Crippen LogP contribution < -0.4 is 5.73 Å². The first-order valence-corrected chi connectivity index (χ1v) is 3.80. The van der Waals surface area contributed by atoms with Crippen LogP contribution >= 0.6 is 0 Å². The van der Waals surface area contributed by atoms with Gasteiger partial charge in [-0.3, -0.25) is 0 Å². The summed E-state index contributed by atoms with van der Waals surface area (Å²) in [6, 6.07) is 0.141. The zero-order valence-electron chi connectivity index (χ0n) is 6.94. The highest BCUT2D eigenvalue weighted by molar-refractivity contribution is 4.66. The average molecular weight is 154 g/mol. The van der Waals surface area contributed by atoms with Crippen molar-refractivity contribution in [1.82, 2.24) is 15.0 Å². The van der Waals surface area contributed by atoms with Crippen LogP contribution in [-0.4, -0.2) is 21.0 Å². The smallest absolute Gasteiger partial charge is 0.0760 e. The van der Waals surface area contributed by atoms with Gasteiger partial charge in [0.25, 0.3) is 0 Å². The van der Waals surface area contributed by atoms with Crippen molar-refractivity contribution in [3.05, 3.63) is 12.4 Å². The van der Waals surface area contributed by atoms with Crippen molar-refractivity contribution in [3.8, 4) is 0 Å². The quantitative estimate of drug-likeness (QED) is 0.679. The zero-order valence-corrected chi connectivity index (χ0v) is 6.94. The second kappa shape index (κ2) is 3.48. The van der Waals surface area contributed by atoms with Crippen LogP contribution in [-0.2, 0) is 6.54 Å². The Labute approximate surface area is 66.4 Å². The first-order valence-electron chi connectivity index (χ1n) is 3.80. The van der Waals surface area contributed by atoms with E-state index in [1.807, 2.05) is 0 Å². The van der Waals surface area contributed by atoms with Gasteiger partial charge in [-0.15, -0.1) is 0 Å². The van der Waals surface area contributed by atoms with Gasteiger partial charge < -0.3 is 5.73 Å². The molecule has 0 aromatic carbocycles. The lowest BCUT2D eigenvalue weighted by atomic mass is 10.1. The molecular formula is C7H14N4. The van der Waals surface area contributed by atoms with E-state index in [9.17, 15) is 0 Å². The second-order valence-corrected chi connectivity index (χ2v) is 2.99. The normalized spacial score (nSPS) is 13.8. The Kier molecular flexibility index (Phi) is 2.59. The van der Waals surface area contributed by atoms with Gasteiger partial charge in [-0.1, -0.05) is 13.8 Å². The summed E-state index contributed by atoms with van der Waals surface area (Å²) in [5.74, 6) is 0.473. The van der Waals surface area contributed by atoms with E-state index in [2.05, 4.69) is 24.0 Å². The van der Waals surface area contributed by atoms with Crippen molar-refractivity contribution >= 4 is 0 Å². The summed E-state index contributed by atoms with van der Waals surface area (Å²) < 4.78 is 0. The summed E-state index contributed by atoms with van der Waals surface area (Å²) in [7, 11) is 0. The van der Waals surface area contributed by atoms with Crippen molar-refractivity contribution < 1.29 is 0 Å². The predicted molar refractivity (Wildman–Crippen MR) is 42.8 cm³/mol. The molecule has 0 aliphatic rings. The van der Waals surface area contributed by atoms with Crippen LogP contribution in [0.1, 0.15) is 13.8 Å². The van der Waals surface area contributed by atoms with Gasteiger partial charge in [-0.05, 0) is 5.92 Å². The third-order valence-electron chi connectivity index (χ3n) is 1.70. The molecule has 0 fully saturated rings. The first kappa shape index (κ1) is 8.20. The Hall–Kier alpha value is -0.900. The largest absolute Gasteiger partial charge is 0.326 e. The van der Waals surface area contributed by atoms with E-state index >= 15 is 0 Å². The summed E-state index contributed by atoms with van der Waals surface area (Å²) >= 11 is 0. The van der Waals surface area contributed by atoms with Crippen LogP contribution in [0.3, 0.4) is 0 Å². The highest BCUT2D eigenvalue weighted by Crippen LogP contribution is 1.99. The van der Waals surface area contributed by atoms with E-state index in [0.29, 0.717) is 12.5 Å². The van der Waals surface area contributed by atoms with Crippen LogP contribution in [0.4, 0.5) is 0 Å². The van der Waals surface area contributed by atoms with Crippen LogP contribution in [0.5, 0.6) is 0 Å². The molecule has 0 aliphatic carbocycles. The molecule has 1 aromatic heterocycles. The van der Waals surface area contributed by atoms with Crippen LogP contribution in [0.15, 0.2) is 12.4 Å². The average Bonchev–Trinajstić information content (AvgIpc) is 2.39. The molecule has 1 rings (SSSR count). The van der Waals surface area contributed by atoms with Crippen LogP contribution in [0.2, 0.25) is 0 Å². The number of hydrogen-bond donors (Lipinski definition) is 1. The molecule has 0 saturated carbocycles. The third-order valence-corrected chi connectivity index (χ3v) is 1.70. The van der Waals surface area contributed by atoms with E-state index in [4.69, 9.17) is 5.73 Å². The van der Waals surface area contributed by atoms with Gasteiger partial charge >= 0.3 is 0 Å². The van der Waals surface area contributed by atoms with E-state index in [0.717, 1.165) is 0 Å². The fraction of sp³-hybridized carbons (Fsp3) is 0.714. The fourth-order valence-electron chi connectivity index (χ4n) is 0.737. The highest BCUT2D eigenvalue weighted by atomic mass is 15.5. The monoisotopic (exact) mass is 154 g/mol. The first-order chi connectivity index (χ1) is 5.20. The lowest BCUT2D eigenvalue weighted by Gasteiger charge is -2.13. The molecule has 0 amide bonds. The van der Waals surface area contributed by atoms with Gasteiger partial charge in [-0.2, -0.15) is 15.0 Å². The van der Waals surface area contributed by atoms with Crippen molar-refractivity contribution in [1.29, 1.82) is 0 Å². The van der Waals surface area contributed by atoms with Crippen molar-refractivity contribution in [2.75, 3.05) is 0 Å². The molecule has 0 aliphatic heterocycles. The summed E-state index contributed by atoms with van der Waals surface area (Å²) in [4.78, 5) is 1.62. The number of rotatable bonds is 3. The molecule has 4 nitrogen and oxygen atoms in total. The van der Waals surface area contributed by atoms with Crippen molar-refractivity contribution in [2.24, 2.45) is 11.7 Å². The minimum atomic E-state index is 0.141. The molecule has 0 spiro atoms. The van der Waals surface area contributed by atoms with Gasteiger partial charge in [0.2, 0.25) is 0 Å². The lowest BCUT2D eigenvalue weighted by molar-refractivity contribution is 0.387. The van der Waals surface area contributed by atoms with Gasteiger partial charge in [-0.25, -0.2) is 0 Å². The minimum Gasteiger partial charge on any atom is -0.326 e. The Morgan fingerprint density at radius 1 is 1.36 bits per heavy atom. The van der Waals surface area contributed by atoms with E-state index < -0.39 is 0 Å². The number of aromatic nitrogens is 3. The summed E-state index contributed by atoms with van der Waals surface area (Å²) in [6.07, 6.45) is 3.32. The molecule has 0 radical (unpaired) electrons. The van der Waals surface area contributed by atoms with Crippen molar-refractivity contribution in [2.45, 2.75) is 26.4 Å². The zero-order chi connectivity index (χ0) is 8.27. The summed E-state index contributed by atoms with van der Waals surface area (Å²) in [6.45, 7) is 4.88. The predicted octanol–water partition coefficient (Wildman–Crippen LogP) is 0.261. The van der Waals surface area contributed by atoms with Gasteiger partial charge in [0.15, 0.2) is 0 Å². The van der Waals surface area contributed by atoms with Crippen LogP contribution in [0, 0.1) is 5.92 Å². The number of nitrogens with two attached hydrogens (primary N) is 1. The molecule has 1 unspecified atom stereocenters. The molecule has 62 valence electrons. The van der Waals surface area contributed by atoms with E-state index in [1.165, 1.54) is 0 Å². The minimum absolute atomic E-state index is 0.141. The van der Waals surface area contributed by atoms with E-state index in [-0.39, 0.29) is 6.04 Å². The SMILES string of the molecule is CC(C)C(N)Cn1nccn1. The molecule has 2 N–H and O–H groups in total. The van der Waals surface area contributed by atoms with E-state index in [1.54, 1.807) is 17.2 Å². The second-order valence-electron chi connectivity index (χ2n) is 2.99. The molecule has 11 heavy (non-hydrogen) atoms. The maximum absolute atomic E-state index is 5.81. The molecule has 0 saturated heterocycles. The molecule has 4 heteroatoms. The maximum atomic E-state index is 5.81. The Bertz CT molecular complexity index is 192. The highest BCUT2D eigenvalue weighted by Gasteiger charge is 2.08. The standard InChI is InChI=1S/C7H14N4/c1-6(2)7(8)5-11-9-3-4-10-11/h3-4,6-7H,5,8H2,1-2H3. The molecule has 1 heterocycles. The fourth-order valence-corrected chi connectivity index (χ4v) is 0.737. The van der Waals surface area contributed by atoms with Gasteiger partial charge in [0.05, 0.1) is 18.9 Å². The van der Waals surface area contributed by atoms with Crippen LogP contribution in [0.25, 0.3) is 0 Å². The molecule has 0 bridgehead atoms. The summed E-state index contributed by atoms with van der Waals surface area (Å²) in [5.41, 5.74) is 5.81. The summed E-state index contributed by atoms with van der Waals surface area (Å²) in [5, 5.41) is 7.93. The van der Waals surface area contributed by atoms with Crippen molar-refractivity contribution in [3.63, 3.8) is 0 Å². The topological polar surface area (TPSA) is 56.7 Å². The Morgan fingerprint density at radius 3 is 2.36 bits per heavy atom. The lowest BCUT2D eigenvalue weighted by Crippen LogP contribution is -2.32. The molecule has 1 aromatic rings. The number of hydrogen-bond acceptors (Lipinski definition) is 3. The third kappa shape index (κ3) is 2.31. The number of nitrogens with zero attached hydrogens (tertiary/aromatic N) is 3. The van der Waals surface area contributed by atoms with Gasteiger partial charge in [0, 0.05) is 6.04 Å². The molecular weight excluding hydrogens is 140 g/mol. The Balaban J connectivity index is 2.43. The maximum Gasteiger partial charge on any atom is 0.0760 e. The van der Waals surface area contributed by atoms with Gasteiger partial charge in [0.1, 0.15) is 0 Å².